The second-order valence-electron chi connectivity index (χ2n) is 5.91. The molecule has 8 nitrogen and oxygen atoms in total. The Balaban J connectivity index is 2.08. The van der Waals surface area contributed by atoms with Crippen molar-refractivity contribution in [1.82, 2.24) is 15.2 Å². The van der Waals surface area contributed by atoms with Crippen LogP contribution in [0.25, 0.3) is 11.5 Å². The first-order valence-electron chi connectivity index (χ1n) is 8.25. The molecule has 2 aromatic rings. The summed E-state index contributed by atoms with van der Waals surface area (Å²) in [6, 6.07) is 5.85. The molecule has 1 atom stereocenters. The van der Waals surface area contributed by atoms with Crippen molar-refractivity contribution in [2.75, 3.05) is 13.1 Å². The Bertz CT molecular complexity index is 819. The highest BCUT2D eigenvalue weighted by Gasteiger charge is 2.26. The molecule has 2 rings (SSSR count). The molecular weight excluding hydrogens is 374 g/mol. The molecule has 0 saturated heterocycles. The minimum Gasteiger partial charge on any atom is -0.480 e. The predicted octanol–water partition coefficient (Wildman–Crippen LogP) is 1.98. The number of carbonyl (C=O) groups is 3. The molecule has 144 valence electrons. The molecule has 0 aliphatic rings. The van der Waals surface area contributed by atoms with Gasteiger partial charge in [-0.1, -0.05) is 11.6 Å². The zero-order valence-electron chi connectivity index (χ0n) is 14.9. The van der Waals surface area contributed by atoms with Crippen LogP contribution in [0.15, 0.2) is 34.9 Å². The monoisotopic (exact) mass is 393 g/mol. The standard InChI is InChI=1S/C18H20ClN3O5/c1-11(18(25)26)22(8-7-20-12(2)23)16(24)9-15-10-27-17(21-15)13-3-5-14(19)6-4-13/h3-6,10-11H,7-9H2,1-2H3,(H,20,23)(H,25,26). The van der Waals surface area contributed by atoms with Gasteiger partial charge in [0.2, 0.25) is 17.7 Å². The first-order chi connectivity index (χ1) is 12.8. The number of benzene rings is 1. The van der Waals surface area contributed by atoms with Gasteiger partial charge in [0.05, 0.1) is 12.1 Å². The third-order valence-corrected chi connectivity index (χ3v) is 4.10. The summed E-state index contributed by atoms with van der Waals surface area (Å²) in [4.78, 5) is 40.3. The number of aliphatic carboxylic acids is 1. The average molecular weight is 394 g/mol. The Kier molecular flexibility index (Phi) is 6.95. The van der Waals surface area contributed by atoms with Crippen LogP contribution in [-0.4, -0.2) is 51.9 Å². The molecule has 1 aromatic heterocycles. The van der Waals surface area contributed by atoms with Gasteiger partial charge in [0.1, 0.15) is 12.3 Å². The number of hydrogen-bond donors (Lipinski definition) is 2. The van der Waals surface area contributed by atoms with E-state index in [0.29, 0.717) is 22.2 Å². The zero-order chi connectivity index (χ0) is 20.0. The number of hydrogen-bond acceptors (Lipinski definition) is 5. The smallest absolute Gasteiger partial charge is 0.326 e. The molecule has 9 heteroatoms. The molecule has 0 spiro atoms. The van der Waals surface area contributed by atoms with Gasteiger partial charge in [-0.3, -0.25) is 9.59 Å². The fourth-order valence-corrected chi connectivity index (χ4v) is 2.52. The second-order valence-corrected chi connectivity index (χ2v) is 6.35. The van der Waals surface area contributed by atoms with Crippen LogP contribution in [0.4, 0.5) is 0 Å². The SMILES string of the molecule is CC(=O)NCCN(C(=O)Cc1coc(-c2ccc(Cl)cc2)n1)C(C)C(=O)O. The maximum atomic E-state index is 12.6. The molecule has 1 aromatic carbocycles. The molecule has 0 fully saturated rings. The summed E-state index contributed by atoms with van der Waals surface area (Å²) in [6.07, 6.45) is 1.24. The van der Waals surface area contributed by atoms with E-state index in [1.807, 2.05) is 0 Å². The van der Waals surface area contributed by atoms with Crippen molar-refractivity contribution < 1.29 is 23.9 Å². The quantitative estimate of drug-likeness (QED) is 0.709. The van der Waals surface area contributed by atoms with E-state index in [0.717, 1.165) is 0 Å². The summed E-state index contributed by atoms with van der Waals surface area (Å²) < 4.78 is 5.39. The molecular formula is C18H20ClN3O5. The number of carboxylic acids is 1. The van der Waals surface area contributed by atoms with Crippen LogP contribution in [-0.2, 0) is 20.8 Å². The van der Waals surface area contributed by atoms with Gasteiger partial charge < -0.3 is 19.7 Å². The fraction of sp³-hybridized carbons (Fsp3) is 0.333. The molecule has 0 radical (unpaired) electrons. The molecule has 0 bridgehead atoms. The summed E-state index contributed by atoms with van der Waals surface area (Å²) in [5, 5.41) is 12.4. The van der Waals surface area contributed by atoms with E-state index in [4.69, 9.17) is 16.0 Å². The Morgan fingerprint density at radius 2 is 1.96 bits per heavy atom. The Morgan fingerprint density at radius 1 is 1.30 bits per heavy atom. The topological polar surface area (TPSA) is 113 Å². The first-order valence-corrected chi connectivity index (χ1v) is 8.62. The summed E-state index contributed by atoms with van der Waals surface area (Å²) in [6.45, 7) is 3.00. The first kappa shape index (κ1) is 20.4. The zero-order valence-corrected chi connectivity index (χ0v) is 15.7. The van der Waals surface area contributed by atoms with E-state index >= 15 is 0 Å². The maximum absolute atomic E-state index is 12.6. The molecule has 1 heterocycles. The molecule has 1 unspecified atom stereocenters. The lowest BCUT2D eigenvalue weighted by atomic mass is 10.2. The van der Waals surface area contributed by atoms with Gasteiger partial charge in [-0.05, 0) is 31.2 Å². The van der Waals surface area contributed by atoms with E-state index in [9.17, 15) is 19.5 Å². The molecule has 0 saturated carbocycles. The van der Waals surface area contributed by atoms with E-state index in [-0.39, 0.29) is 25.4 Å². The number of rotatable bonds is 8. The van der Waals surface area contributed by atoms with Crippen molar-refractivity contribution in [2.45, 2.75) is 26.3 Å². The number of carboxylic acid groups (broad SMARTS) is 1. The Hall–Kier alpha value is -2.87. The summed E-state index contributed by atoms with van der Waals surface area (Å²) >= 11 is 5.85. The number of oxazole rings is 1. The van der Waals surface area contributed by atoms with Crippen molar-refractivity contribution in [3.63, 3.8) is 0 Å². The van der Waals surface area contributed by atoms with Crippen molar-refractivity contribution in [3.8, 4) is 11.5 Å². The fourth-order valence-electron chi connectivity index (χ4n) is 2.39. The van der Waals surface area contributed by atoms with Crippen molar-refractivity contribution >= 4 is 29.4 Å². The number of aromatic nitrogens is 1. The number of amides is 2. The van der Waals surface area contributed by atoms with E-state index in [2.05, 4.69) is 10.3 Å². The van der Waals surface area contributed by atoms with E-state index in [1.165, 1.54) is 25.0 Å². The van der Waals surface area contributed by atoms with Crippen LogP contribution in [0.3, 0.4) is 0 Å². The van der Waals surface area contributed by atoms with Crippen molar-refractivity contribution in [2.24, 2.45) is 0 Å². The predicted molar refractivity (Wildman–Crippen MR) is 98.1 cm³/mol. The molecule has 0 aliphatic heterocycles. The highest BCUT2D eigenvalue weighted by atomic mass is 35.5. The highest BCUT2D eigenvalue weighted by molar-refractivity contribution is 6.30. The second kappa shape index (κ2) is 9.18. The van der Waals surface area contributed by atoms with Gasteiger partial charge in [-0.15, -0.1) is 0 Å². The Labute approximate surface area is 161 Å². The number of nitrogens with zero attached hydrogens (tertiary/aromatic N) is 2. The van der Waals surface area contributed by atoms with Gasteiger partial charge in [0.25, 0.3) is 0 Å². The van der Waals surface area contributed by atoms with Crippen LogP contribution in [0, 0.1) is 0 Å². The lowest BCUT2D eigenvalue weighted by Gasteiger charge is -2.26. The highest BCUT2D eigenvalue weighted by Crippen LogP contribution is 2.21. The third-order valence-electron chi connectivity index (χ3n) is 3.85. The van der Waals surface area contributed by atoms with Crippen LogP contribution in [0.1, 0.15) is 19.5 Å². The molecule has 2 amide bonds. The van der Waals surface area contributed by atoms with Crippen molar-refractivity contribution in [3.05, 3.63) is 41.2 Å². The lowest BCUT2D eigenvalue weighted by molar-refractivity contribution is -0.149. The van der Waals surface area contributed by atoms with Crippen LogP contribution < -0.4 is 5.32 Å². The van der Waals surface area contributed by atoms with Crippen LogP contribution in [0.5, 0.6) is 0 Å². The minimum absolute atomic E-state index is 0.0772. The van der Waals surface area contributed by atoms with Crippen LogP contribution >= 0.6 is 11.6 Å². The number of nitrogens with one attached hydrogen (secondary N) is 1. The average Bonchev–Trinajstić information content (AvgIpc) is 3.06. The normalized spacial score (nSPS) is 11.7. The van der Waals surface area contributed by atoms with Gasteiger partial charge in [0.15, 0.2) is 0 Å². The molecule has 2 N–H and O–H groups in total. The minimum atomic E-state index is -1.13. The lowest BCUT2D eigenvalue weighted by Crippen LogP contribution is -2.47. The van der Waals surface area contributed by atoms with E-state index < -0.39 is 17.9 Å². The van der Waals surface area contributed by atoms with Gasteiger partial charge in [-0.25, -0.2) is 9.78 Å². The van der Waals surface area contributed by atoms with E-state index in [1.54, 1.807) is 24.3 Å². The molecule has 0 aliphatic carbocycles. The summed E-state index contributed by atoms with van der Waals surface area (Å²) in [5.41, 5.74) is 1.09. The number of halogens is 1. The van der Waals surface area contributed by atoms with Gasteiger partial charge in [0, 0.05) is 30.6 Å². The number of carbonyl (C=O) groups excluding carboxylic acids is 2. The van der Waals surface area contributed by atoms with Gasteiger partial charge >= 0.3 is 5.97 Å². The summed E-state index contributed by atoms with van der Waals surface area (Å²) in [7, 11) is 0. The van der Waals surface area contributed by atoms with Gasteiger partial charge in [-0.2, -0.15) is 0 Å². The third kappa shape index (κ3) is 5.82. The largest absolute Gasteiger partial charge is 0.480 e. The van der Waals surface area contributed by atoms with Crippen molar-refractivity contribution in [1.29, 1.82) is 0 Å². The van der Waals surface area contributed by atoms with Crippen LogP contribution in [0.2, 0.25) is 5.02 Å². The summed E-state index contributed by atoms with van der Waals surface area (Å²) in [5.74, 6) is -1.47. The Morgan fingerprint density at radius 3 is 2.56 bits per heavy atom. The maximum Gasteiger partial charge on any atom is 0.326 e. The molecule has 27 heavy (non-hydrogen) atoms.